The second kappa shape index (κ2) is 9.39. The number of nitrogens with one attached hydrogen (secondary N) is 5. The zero-order valence-electron chi connectivity index (χ0n) is 14.0. The molecule has 1 aromatic heterocycles. The molecule has 0 aliphatic rings. The molecule has 0 aliphatic carbocycles. The molecular formula is C12H24N10O2. The van der Waals surface area contributed by atoms with Crippen molar-refractivity contribution in [2.24, 2.45) is 11.3 Å². The van der Waals surface area contributed by atoms with Crippen molar-refractivity contribution in [3.05, 3.63) is 0 Å². The molecule has 12 nitrogen and oxygen atoms in total. The maximum absolute atomic E-state index is 11.6. The van der Waals surface area contributed by atoms with Crippen molar-refractivity contribution in [1.29, 1.82) is 0 Å². The van der Waals surface area contributed by atoms with E-state index in [1.807, 2.05) is 20.8 Å². The van der Waals surface area contributed by atoms with Crippen molar-refractivity contribution in [1.82, 2.24) is 36.5 Å². The Kier molecular flexibility index (Phi) is 7.55. The number of carbonyl (C=O) groups is 2. The largest absolute Gasteiger partial charge is 0.356 e. The molecule has 0 radical (unpaired) electrons. The number of unbranched alkanes of at least 4 members (excludes halogenated alkanes) is 1. The Balaban J connectivity index is 2.08. The van der Waals surface area contributed by atoms with Gasteiger partial charge in [0.15, 0.2) is 0 Å². The molecule has 1 heterocycles. The zero-order valence-corrected chi connectivity index (χ0v) is 14.0. The van der Waals surface area contributed by atoms with E-state index in [-0.39, 0.29) is 17.8 Å². The number of nitrogens with two attached hydrogens (primary N) is 1. The van der Waals surface area contributed by atoms with Crippen LogP contribution >= 0.6 is 0 Å². The quantitative estimate of drug-likeness (QED) is 0.200. The summed E-state index contributed by atoms with van der Waals surface area (Å²) >= 11 is 0. The zero-order chi connectivity index (χ0) is 18.0. The number of carbonyl (C=O) groups excluding carboxylic acids is 2. The Hall–Kier alpha value is -2.76. The SMILES string of the molecule is CC(C)(C)C(=O)NCCCCNC(=O)NNc1nnc(NN)nn1. The van der Waals surface area contributed by atoms with E-state index >= 15 is 0 Å². The van der Waals surface area contributed by atoms with Crippen LogP contribution in [-0.2, 0) is 4.79 Å². The maximum Gasteiger partial charge on any atom is 0.333 e. The van der Waals surface area contributed by atoms with Gasteiger partial charge in [-0.3, -0.25) is 15.6 Å². The van der Waals surface area contributed by atoms with E-state index < -0.39 is 11.4 Å². The van der Waals surface area contributed by atoms with Gasteiger partial charge in [-0.15, -0.1) is 20.4 Å². The molecule has 0 aliphatic heterocycles. The van der Waals surface area contributed by atoms with Gasteiger partial charge in [0, 0.05) is 18.5 Å². The Labute approximate surface area is 139 Å². The average Bonchev–Trinajstić information content (AvgIpc) is 2.55. The molecule has 12 heteroatoms. The molecule has 3 amide bonds. The van der Waals surface area contributed by atoms with Crippen LogP contribution < -0.4 is 32.8 Å². The average molecular weight is 340 g/mol. The van der Waals surface area contributed by atoms with Crippen LogP contribution in [0.25, 0.3) is 0 Å². The molecule has 0 bridgehead atoms. The lowest BCUT2D eigenvalue weighted by Gasteiger charge is -2.17. The van der Waals surface area contributed by atoms with E-state index in [4.69, 9.17) is 5.84 Å². The van der Waals surface area contributed by atoms with Gasteiger partial charge in [-0.1, -0.05) is 20.8 Å². The molecule has 0 aromatic carbocycles. The molecule has 7 N–H and O–H groups in total. The van der Waals surface area contributed by atoms with E-state index in [0.717, 1.165) is 12.8 Å². The topological polar surface area (TPSA) is 172 Å². The van der Waals surface area contributed by atoms with E-state index in [2.05, 4.69) is 47.3 Å². The standard InChI is InChI=1S/C12H24N10O2/c1-12(2,3)8(23)14-6-4-5-7-15-11(24)22-21-10-19-17-9(16-13)18-20-10/h4-7,13H2,1-3H3,(H,14,23)(H2,15,22,24)(H,16,17,18)(H,19,20,21). The van der Waals surface area contributed by atoms with Gasteiger partial charge in [0.2, 0.25) is 5.91 Å². The van der Waals surface area contributed by atoms with Gasteiger partial charge in [0.25, 0.3) is 11.9 Å². The number of hydrogen-bond acceptors (Lipinski definition) is 9. The number of hydrazine groups is 2. The monoisotopic (exact) mass is 340 g/mol. The second-order valence-corrected chi connectivity index (χ2v) is 5.91. The van der Waals surface area contributed by atoms with Gasteiger partial charge in [0.1, 0.15) is 0 Å². The molecule has 1 aromatic rings. The summed E-state index contributed by atoms with van der Waals surface area (Å²) in [7, 11) is 0. The van der Waals surface area contributed by atoms with Crippen molar-refractivity contribution in [3.8, 4) is 0 Å². The minimum absolute atomic E-state index is 0.00970. The van der Waals surface area contributed by atoms with Crippen LogP contribution in [0.4, 0.5) is 16.7 Å². The third-order valence-electron chi connectivity index (χ3n) is 2.75. The normalized spacial score (nSPS) is 10.7. The first-order chi connectivity index (χ1) is 11.3. The lowest BCUT2D eigenvalue weighted by molar-refractivity contribution is -0.128. The number of amides is 3. The first-order valence-corrected chi connectivity index (χ1v) is 7.45. The van der Waals surface area contributed by atoms with Gasteiger partial charge in [-0.05, 0) is 12.8 Å². The molecule has 0 unspecified atom stereocenters. The fourth-order valence-electron chi connectivity index (χ4n) is 1.41. The van der Waals surface area contributed by atoms with Crippen LogP contribution in [0.2, 0.25) is 0 Å². The number of nitrogen functional groups attached to an aromatic ring is 1. The van der Waals surface area contributed by atoms with E-state index in [0.29, 0.717) is 13.1 Å². The Morgan fingerprint density at radius 3 is 2.04 bits per heavy atom. The summed E-state index contributed by atoms with van der Waals surface area (Å²) < 4.78 is 0. The second-order valence-electron chi connectivity index (χ2n) is 5.91. The number of anilines is 2. The van der Waals surface area contributed by atoms with E-state index in [1.165, 1.54) is 0 Å². The van der Waals surface area contributed by atoms with Crippen molar-refractivity contribution in [3.63, 3.8) is 0 Å². The van der Waals surface area contributed by atoms with Crippen LogP contribution in [0.5, 0.6) is 0 Å². The number of hydrogen-bond donors (Lipinski definition) is 6. The number of rotatable bonds is 8. The Morgan fingerprint density at radius 2 is 1.50 bits per heavy atom. The summed E-state index contributed by atoms with van der Waals surface area (Å²) in [5, 5.41) is 19.9. The fraction of sp³-hybridized carbons (Fsp3) is 0.667. The number of urea groups is 1. The maximum atomic E-state index is 11.6. The highest BCUT2D eigenvalue weighted by atomic mass is 16.2. The van der Waals surface area contributed by atoms with Crippen molar-refractivity contribution < 1.29 is 9.59 Å². The highest BCUT2D eigenvalue weighted by molar-refractivity contribution is 5.81. The minimum Gasteiger partial charge on any atom is -0.356 e. The molecule has 134 valence electrons. The first kappa shape index (κ1) is 19.3. The molecule has 0 spiro atoms. The summed E-state index contributed by atoms with van der Waals surface area (Å²) in [6, 6.07) is -0.446. The third-order valence-corrected chi connectivity index (χ3v) is 2.75. The molecule has 0 atom stereocenters. The molecule has 1 rings (SSSR count). The van der Waals surface area contributed by atoms with E-state index in [9.17, 15) is 9.59 Å². The molecule has 0 saturated carbocycles. The lowest BCUT2D eigenvalue weighted by atomic mass is 9.96. The van der Waals surface area contributed by atoms with Crippen LogP contribution in [0, 0.1) is 5.41 Å². The van der Waals surface area contributed by atoms with Gasteiger partial charge in [-0.25, -0.2) is 16.1 Å². The van der Waals surface area contributed by atoms with Crippen molar-refractivity contribution >= 4 is 23.8 Å². The molecule has 24 heavy (non-hydrogen) atoms. The van der Waals surface area contributed by atoms with Crippen LogP contribution in [0.15, 0.2) is 0 Å². The third kappa shape index (κ3) is 7.49. The minimum atomic E-state index is -0.446. The Morgan fingerprint density at radius 1 is 0.958 bits per heavy atom. The first-order valence-electron chi connectivity index (χ1n) is 7.45. The van der Waals surface area contributed by atoms with E-state index in [1.54, 1.807) is 0 Å². The highest BCUT2D eigenvalue weighted by Crippen LogP contribution is 2.12. The van der Waals surface area contributed by atoms with Gasteiger partial charge < -0.3 is 10.6 Å². The predicted molar refractivity (Wildman–Crippen MR) is 87.3 cm³/mol. The smallest absolute Gasteiger partial charge is 0.333 e. The molecule has 0 fully saturated rings. The van der Waals surface area contributed by atoms with Gasteiger partial charge in [-0.2, -0.15) is 0 Å². The summed E-state index contributed by atoms with van der Waals surface area (Å²) in [5.74, 6) is 5.16. The molecule has 0 saturated heterocycles. The van der Waals surface area contributed by atoms with Gasteiger partial charge in [0.05, 0.1) is 0 Å². The lowest BCUT2D eigenvalue weighted by Crippen LogP contribution is -2.40. The van der Waals surface area contributed by atoms with Crippen LogP contribution in [0.1, 0.15) is 33.6 Å². The number of aromatic nitrogens is 4. The Bertz CT molecular complexity index is 528. The molecular weight excluding hydrogens is 316 g/mol. The van der Waals surface area contributed by atoms with Crippen molar-refractivity contribution in [2.75, 3.05) is 23.9 Å². The van der Waals surface area contributed by atoms with Crippen LogP contribution in [-0.4, -0.2) is 45.4 Å². The fourth-order valence-corrected chi connectivity index (χ4v) is 1.41. The van der Waals surface area contributed by atoms with Crippen LogP contribution in [0.3, 0.4) is 0 Å². The highest BCUT2D eigenvalue weighted by Gasteiger charge is 2.19. The summed E-state index contributed by atoms with van der Waals surface area (Å²) in [4.78, 5) is 23.2. The van der Waals surface area contributed by atoms with Gasteiger partial charge >= 0.3 is 6.03 Å². The summed E-state index contributed by atoms with van der Waals surface area (Å²) in [6.45, 7) is 6.61. The summed E-state index contributed by atoms with van der Waals surface area (Å²) in [6.07, 6.45) is 1.49. The number of nitrogens with zero attached hydrogens (tertiary/aromatic N) is 4. The van der Waals surface area contributed by atoms with Crippen molar-refractivity contribution in [2.45, 2.75) is 33.6 Å². The summed E-state index contributed by atoms with van der Waals surface area (Å²) in [5.41, 5.74) is 6.57. The predicted octanol–water partition coefficient (Wildman–Crippen LogP) is -0.879.